The molecule has 2 nitrogen and oxygen atoms in total. The molecule has 3 aliphatic carbocycles. The lowest BCUT2D eigenvalue weighted by Crippen LogP contribution is -2.28. The van der Waals surface area contributed by atoms with E-state index < -0.39 is 0 Å². The quantitative estimate of drug-likeness (QED) is 0.202. The van der Waals surface area contributed by atoms with Gasteiger partial charge in [0.1, 0.15) is 11.2 Å². The van der Waals surface area contributed by atoms with Gasteiger partial charge in [0.15, 0.2) is 0 Å². The Labute approximate surface area is 270 Å². The van der Waals surface area contributed by atoms with E-state index in [0.717, 1.165) is 16.9 Å². The van der Waals surface area contributed by atoms with Crippen molar-refractivity contribution in [3.8, 4) is 22.3 Å². The molecule has 0 amide bonds. The maximum atomic E-state index is 6.56. The molecule has 0 radical (unpaired) electrons. The van der Waals surface area contributed by atoms with Crippen LogP contribution in [0.25, 0.3) is 44.2 Å². The minimum absolute atomic E-state index is 0.173. The molecule has 0 fully saturated rings. The van der Waals surface area contributed by atoms with Crippen LogP contribution in [0.5, 0.6) is 0 Å². The normalized spacial score (nSPS) is 19.0. The van der Waals surface area contributed by atoms with Crippen LogP contribution in [-0.4, -0.2) is 0 Å². The van der Waals surface area contributed by atoms with Crippen molar-refractivity contribution in [2.24, 2.45) is 11.8 Å². The molecule has 9 rings (SSSR count). The van der Waals surface area contributed by atoms with E-state index in [1.807, 2.05) is 0 Å². The van der Waals surface area contributed by atoms with Crippen LogP contribution < -0.4 is 4.90 Å². The molecule has 5 aromatic carbocycles. The van der Waals surface area contributed by atoms with E-state index in [-0.39, 0.29) is 5.41 Å². The van der Waals surface area contributed by atoms with E-state index >= 15 is 0 Å². The number of benzene rings is 5. The predicted octanol–water partition coefficient (Wildman–Crippen LogP) is 11.9. The fourth-order valence-corrected chi connectivity index (χ4v) is 8.00. The molecule has 46 heavy (non-hydrogen) atoms. The molecule has 3 aliphatic rings. The first-order valence-corrected chi connectivity index (χ1v) is 16.3. The number of fused-ring (bicyclic) bond motifs is 8. The average Bonchev–Trinajstić information content (AvgIpc) is 3.59. The second kappa shape index (κ2) is 10.1. The summed E-state index contributed by atoms with van der Waals surface area (Å²) in [5, 5.41) is 2.35. The highest BCUT2D eigenvalue weighted by Gasteiger charge is 2.39. The third-order valence-corrected chi connectivity index (χ3v) is 10.5. The van der Waals surface area contributed by atoms with Crippen molar-refractivity contribution >= 4 is 33.3 Å². The number of hydrogen-bond donors (Lipinski definition) is 0. The van der Waals surface area contributed by atoms with Crippen LogP contribution in [0.15, 0.2) is 161 Å². The van der Waals surface area contributed by atoms with Gasteiger partial charge in [-0.3, -0.25) is 0 Å². The van der Waals surface area contributed by atoms with Gasteiger partial charge in [0.25, 0.3) is 0 Å². The molecule has 0 saturated heterocycles. The zero-order valence-corrected chi connectivity index (χ0v) is 26.4. The Morgan fingerprint density at radius 3 is 2.28 bits per heavy atom. The Hall–Kier alpha value is -5.34. The number of allylic oxidation sites excluding steroid dienone is 8. The molecule has 0 bridgehead atoms. The van der Waals surface area contributed by atoms with Crippen molar-refractivity contribution < 1.29 is 4.42 Å². The lowest BCUT2D eigenvalue weighted by atomic mass is 9.78. The lowest BCUT2D eigenvalue weighted by molar-refractivity contribution is 0.541. The largest absolute Gasteiger partial charge is 0.455 e. The first-order chi connectivity index (χ1) is 22.5. The van der Waals surface area contributed by atoms with Gasteiger partial charge in [0.05, 0.1) is 0 Å². The molecule has 1 aromatic heterocycles. The van der Waals surface area contributed by atoms with E-state index in [0.29, 0.717) is 11.8 Å². The van der Waals surface area contributed by atoms with Gasteiger partial charge in [-0.25, -0.2) is 0 Å². The molecule has 0 aliphatic heterocycles. The number of para-hydroxylation sites is 1. The fourth-order valence-electron chi connectivity index (χ4n) is 8.00. The first-order valence-electron chi connectivity index (χ1n) is 16.3. The Bertz CT molecular complexity index is 2290. The predicted molar refractivity (Wildman–Crippen MR) is 192 cm³/mol. The summed E-state index contributed by atoms with van der Waals surface area (Å²) in [6, 6.07) is 39.7. The van der Waals surface area contributed by atoms with Gasteiger partial charge < -0.3 is 9.32 Å². The SMILES string of the molecule is CC1C(N(c2ccc(-c3ccccc3)cc2)c2ccc3c(c2)C(C)(C)c2ccc4c(oc5ccccc54)c2-3)=CC=C2C=CC=CC21. The average molecular weight is 594 g/mol. The summed E-state index contributed by atoms with van der Waals surface area (Å²) >= 11 is 0. The molecule has 1 heterocycles. The Balaban J connectivity index is 1.21. The highest BCUT2D eigenvalue weighted by atomic mass is 16.3. The topological polar surface area (TPSA) is 16.4 Å². The van der Waals surface area contributed by atoms with E-state index in [1.54, 1.807) is 0 Å². The number of furan rings is 1. The highest BCUT2D eigenvalue weighted by Crippen LogP contribution is 2.54. The Morgan fingerprint density at radius 1 is 0.674 bits per heavy atom. The fraction of sp³-hybridized carbons (Fsp3) is 0.136. The van der Waals surface area contributed by atoms with Crippen LogP contribution in [-0.2, 0) is 5.41 Å². The van der Waals surface area contributed by atoms with Crippen LogP contribution >= 0.6 is 0 Å². The van der Waals surface area contributed by atoms with Crippen LogP contribution in [0.1, 0.15) is 31.9 Å². The van der Waals surface area contributed by atoms with Crippen molar-refractivity contribution in [3.63, 3.8) is 0 Å². The molecule has 222 valence electrons. The minimum Gasteiger partial charge on any atom is -0.455 e. The summed E-state index contributed by atoms with van der Waals surface area (Å²) in [7, 11) is 0. The van der Waals surface area contributed by atoms with Gasteiger partial charge in [-0.05, 0) is 69.8 Å². The van der Waals surface area contributed by atoms with Gasteiger partial charge in [0, 0.05) is 50.7 Å². The number of rotatable bonds is 4. The molecular weight excluding hydrogens is 558 g/mol. The molecule has 6 aromatic rings. The van der Waals surface area contributed by atoms with Gasteiger partial charge in [-0.2, -0.15) is 0 Å². The van der Waals surface area contributed by atoms with Crippen molar-refractivity contribution in [1.29, 1.82) is 0 Å². The second-order valence-corrected chi connectivity index (χ2v) is 13.4. The minimum atomic E-state index is -0.173. The smallest absolute Gasteiger partial charge is 0.143 e. The molecule has 2 atom stereocenters. The maximum Gasteiger partial charge on any atom is 0.143 e. The summed E-state index contributed by atoms with van der Waals surface area (Å²) in [6.07, 6.45) is 13.6. The maximum absolute atomic E-state index is 6.56. The van der Waals surface area contributed by atoms with E-state index in [2.05, 4.69) is 171 Å². The van der Waals surface area contributed by atoms with E-state index in [9.17, 15) is 0 Å². The van der Waals surface area contributed by atoms with Crippen molar-refractivity contribution in [3.05, 3.63) is 168 Å². The zero-order chi connectivity index (χ0) is 31.0. The summed E-state index contributed by atoms with van der Waals surface area (Å²) in [6.45, 7) is 7.07. The van der Waals surface area contributed by atoms with Crippen LogP contribution in [0.3, 0.4) is 0 Å². The van der Waals surface area contributed by atoms with Crippen LogP contribution in [0.2, 0.25) is 0 Å². The summed E-state index contributed by atoms with van der Waals surface area (Å²) in [5.74, 6) is 0.663. The molecule has 2 unspecified atom stereocenters. The van der Waals surface area contributed by atoms with Crippen LogP contribution in [0.4, 0.5) is 11.4 Å². The highest BCUT2D eigenvalue weighted by molar-refractivity contribution is 6.11. The Morgan fingerprint density at radius 2 is 1.43 bits per heavy atom. The Kier molecular flexibility index (Phi) is 5.92. The monoisotopic (exact) mass is 593 g/mol. The van der Waals surface area contributed by atoms with Crippen LogP contribution in [0, 0.1) is 11.8 Å². The van der Waals surface area contributed by atoms with Gasteiger partial charge in [-0.1, -0.05) is 130 Å². The second-order valence-electron chi connectivity index (χ2n) is 13.4. The van der Waals surface area contributed by atoms with Gasteiger partial charge in [-0.15, -0.1) is 0 Å². The summed E-state index contributed by atoms with van der Waals surface area (Å²) in [4.78, 5) is 2.48. The number of nitrogens with zero attached hydrogens (tertiary/aromatic N) is 1. The first kappa shape index (κ1) is 27.0. The summed E-state index contributed by atoms with van der Waals surface area (Å²) in [5.41, 5.74) is 14.4. The number of anilines is 2. The number of hydrogen-bond acceptors (Lipinski definition) is 2. The molecule has 0 spiro atoms. The third kappa shape index (κ3) is 3.96. The third-order valence-electron chi connectivity index (χ3n) is 10.5. The van der Waals surface area contributed by atoms with Crippen molar-refractivity contribution in [1.82, 2.24) is 0 Å². The zero-order valence-electron chi connectivity index (χ0n) is 26.4. The standard InChI is InChI=1S/C44H35NO/c1-28-34-14-8-7-13-31(34)19-26-40(28)45(32-20-17-30(18-21-32)29-11-5-4-6-12-29)33-22-23-37-39(27-33)44(2,3)38-25-24-36-35-15-9-10-16-41(35)46-43(36)42(37)38/h4-28,34H,1-3H3. The lowest BCUT2D eigenvalue weighted by Gasteiger charge is -2.37. The van der Waals surface area contributed by atoms with Gasteiger partial charge >= 0.3 is 0 Å². The van der Waals surface area contributed by atoms with Crippen molar-refractivity contribution in [2.75, 3.05) is 4.90 Å². The molecule has 0 N–H and O–H groups in total. The van der Waals surface area contributed by atoms with Gasteiger partial charge in [0.2, 0.25) is 0 Å². The van der Waals surface area contributed by atoms with E-state index in [1.165, 1.54) is 61.1 Å². The summed E-state index contributed by atoms with van der Waals surface area (Å²) < 4.78 is 6.56. The molecular formula is C44H35NO. The van der Waals surface area contributed by atoms with E-state index in [4.69, 9.17) is 4.42 Å². The molecule has 0 saturated carbocycles. The molecule has 2 heteroatoms. The van der Waals surface area contributed by atoms with Crippen molar-refractivity contribution in [2.45, 2.75) is 26.2 Å².